The molecule has 7 rings (SSSR count). The number of aromatic nitrogens is 1. The Morgan fingerprint density at radius 1 is 0.444 bits per heavy atom. The third-order valence-corrected chi connectivity index (χ3v) is 6.95. The Kier molecular flexibility index (Phi) is 4.82. The van der Waals surface area contributed by atoms with Crippen LogP contribution in [0.3, 0.4) is 0 Å². The molecular formula is C34H24N2. The highest BCUT2D eigenvalue weighted by atomic mass is 15.0. The maximum absolute atomic E-state index is 3.63. The summed E-state index contributed by atoms with van der Waals surface area (Å²) in [6.07, 6.45) is 0. The van der Waals surface area contributed by atoms with Gasteiger partial charge in [0.15, 0.2) is 0 Å². The zero-order valence-corrected chi connectivity index (χ0v) is 19.7. The quantitative estimate of drug-likeness (QED) is 0.277. The first kappa shape index (κ1) is 20.5. The minimum atomic E-state index is 1.07. The number of hydrogen-bond acceptors (Lipinski definition) is 1. The fourth-order valence-corrected chi connectivity index (χ4v) is 5.27. The predicted octanol–water partition coefficient (Wildman–Crippen LogP) is 9.35. The van der Waals surface area contributed by atoms with Gasteiger partial charge in [0, 0.05) is 27.8 Å². The Morgan fingerprint density at radius 3 is 1.89 bits per heavy atom. The number of anilines is 2. The van der Waals surface area contributed by atoms with Gasteiger partial charge in [0.2, 0.25) is 0 Å². The van der Waals surface area contributed by atoms with E-state index < -0.39 is 0 Å². The summed E-state index contributed by atoms with van der Waals surface area (Å²) in [5.41, 5.74) is 8.20. The first-order chi connectivity index (χ1) is 17.8. The molecule has 0 spiro atoms. The molecule has 0 radical (unpaired) electrons. The fourth-order valence-electron chi connectivity index (χ4n) is 5.27. The first-order valence-corrected chi connectivity index (χ1v) is 12.3. The Morgan fingerprint density at radius 2 is 1.08 bits per heavy atom. The van der Waals surface area contributed by atoms with Gasteiger partial charge in [-0.05, 0) is 70.4 Å². The number of benzene rings is 6. The first-order valence-electron chi connectivity index (χ1n) is 12.3. The molecule has 0 saturated carbocycles. The molecule has 1 heterocycles. The molecule has 0 unspecified atom stereocenters. The van der Waals surface area contributed by atoms with Gasteiger partial charge in [-0.2, -0.15) is 0 Å². The van der Waals surface area contributed by atoms with Gasteiger partial charge in [0.05, 0.1) is 11.0 Å². The third kappa shape index (κ3) is 3.43. The summed E-state index contributed by atoms with van der Waals surface area (Å²) in [4.78, 5) is 0. The second-order valence-electron chi connectivity index (χ2n) is 9.15. The predicted molar refractivity (Wildman–Crippen MR) is 153 cm³/mol. The molecule has 0 saturated heterocycles. The van der Waals surface area contributed by atoms with Gasteiger partial charge >= 0.3 is 0 Å². The van der Waals surface area contributed by atoms with Crippen molar-refractivity contribution in [3.63, 3.8) is 0 Å². The van der Waals surface area contributed by atoms with Gasteiger partial charge < -0.3 is 9.88 Å². The van der Waals surface area contributed by atoms with Crippen LogP contribution in [0.2, 0.25) is 0 Å². The molecule has 0 bridgehead atoms. The van der Waals surface area contributed by atoms with E-state index in [9.17, 15) is 0 Å². The summed E-state index contributed by atoms with van der Waals surface area (Å²) in [6.45, 7) is 0. The van der Waals surface area contributed by atoms with Crippen LogP contribution in [-0.4, -0.2) is 4.57 Å². The number of nitrogens with one attached hydrogen (secondary N) is 1. The van der Waals surface area contributed by atoms with E-state index in [1.165, 1.54) is 49.4 Å². The number of hydrogen-bond donors (Lipinski definition) is 1. The average Bonchev–Trinajstić information content (AvgIpc) is 3.28. The number of para-hydroxylation sites is 1. The van der Waals surface area contributed by atoms with Crippen LogP contribution in [0.15, 0.2) is 140 Å². The van der Waals surface area contributed by atoms with Crippen LogP contribution < -0.4 is 5.32 Å². The Balaban J connectivity index is 1.37. The molecule has 7 aromatic rings. The van der Waals surface area contributed by atoms with E-state index in [0.29, 0.717) is 0 Å². The van der Waals surface area contributed by atoms with Crippen molar-refractivity contribution in [2.45, 2.75) is 0 Å². The van der Waals surface area contributed by atoms with Crippen molar-refractivity contribution in [2.75, 3.05) is 5.32 Å². The summed E-state index contributed by atoms with van der Waals surface area (Å²) in [7, 11) is 0. The van der Waals surface area contributed by atoms with Gasteiger partial charge in [-0.15, -0.1) is 0 Å². The molecule has 36 heavy (non-hydrogen) atoms. The summed E-state index contributed by atoms with van der Waals surface area (Å²) in [5, 5.41) is 8.69. The standard InChI is InChI=1S/C34H24N2/c1-3-9-24(10-4-1)25-15-18-27(19-16-25)35-28-20-22-32-31(23-28)34-30-14-8-7-11-26(30)17-21-33(34)36(32)29-12-5-2-6-13-29/h1-23,35H. The van der Waals surface area contributed by atoms with Crippen LogP contribution in [0.25, 0.3) is 49.4 Å². The van der Waals surface area contributed by atoms with Gasteiger partial charge in [-0.1, -0.05) is 91.0 Å². The van der Waals surface area contributed by atoms with Crippen LogP contribution in [0, 0.1) is 0 Å². The van der Waals surface area contributed by atoms with E-state index in [1.807, 2.05) is 6.07 Å². The Hall–Kier alpha value is -4.82. The van der Waals surface area contributed by atoms with Crippen LogP contribution in [0.5, 0.6) is 0 Å². The van der Waals surface area contributed by atoms with Gasteiger partial charge in [0.25, 0.3) is 0 Å². The second kappa shape index (κ2) is 8.44. The highest BCUT2D eigenvalue weighted by Crippen LogP contribution is 2.38. The van der Waals surface area contributed by atoms with E-state index in [1.54, 1.807) is 0 Å². The molecule has 2 nitrogen and oxygen atoms in total. The molecule has 0 aliphatic rings. The molecule has 170 valence electrons. The minimum Gasteiger partial charge on any atom is -0.356 e. The van der Waals surface area contributed by atoms with Crippen molar-refractivity contribution in [2.24, 2.45) is 0 Å². The average molecular weight is 461 g/mol. The summed E-state index contributed by atoms with van der Waals surface area (Å²) in [6, 6.07) is 49.6. The smallest absolute Gasteiger partial charge is 0.0547 e. The zero-order chi connectivity index (χ0) is 23.9. The molecule has 0 atom stereocenters. The van der Waals surface area contributed by atoms with E-state index in [0.717, 1.165) is 11.4 Å². The largest absolute Gasteiger partial charge is 0.356 e. The highest BCUT2D eigenvalue weighted by Gasteiger charge is 2.15. The van der Waals surface area contributed by atoms with Crippen LogP contribution in [-0.2, 0) is 0 Å². The molecular weight excluding hydrogens is 436 g/mol. The van der Waals surface area contributed by atoms with Crippen molar-refractivity contribution in [1.29, 1.82) is 0 Å². The SMILES string of the molecule is c1ccc(-c2ccc(Nc3ccc4c(c3)c3c5ccccc5ccc3n4-c3ccccc3)cc2)cc1. The lowest BCUT2D eigenvalue weighted by atomic mass is 10.0. The van der Waals surface area contributed by atoms with E-state index >= 15 is 0 Å². The molecule has 6 aromatic carbocycles. The lowest BCUT2D eigenvalue weighted by Gasteiger charge is -2.10. The van der Waals surface area contributed by atoms with E-state index in [-0.39, 0.29) is 0 Å². The number of nitrogens with zero attached hydrogens (tertiary/aromatic N) is 1. The summed E-state index contributed by atoms with van der Waals surface area (Å²) in [5.74, 6) is 0. The van der Waals surface area contributed by atoms with Crippen LogP contribution in [0.1, 0.15) is 0 Å². The van der Waals surface area contributed by atoms with E-state index in [2.05, 4.69) is 143 Å². The van der Waals surface area contributed by atoms with Gasteiger partial charge in [0.1, 0.15) is 0 Å². The molecule has 0 aliphatic carbocycles. The van der Waals surface area contributed by atoms with Crippen molar-refractivity contribution >= 4 is 44.0 Å². The van der Waals surface area contributed by atoms with Crippen LogP contribution >= 0.6 is 0 Å². The maximum atomic E-state index is 3.63. The van der Waals surface area contributed by atoms with Crippen molar-refractivity contribution in [1.82, 2.24) is 4.57 Å². The van der Waals surface area contributed by atoms with E-state index in [4.69, 9.17) is 0 Å². The van der Waals surface area contributed by atoms with Gasteiger partial charge in [-0.3, -0.25) is 0 Å². The lowest BCUT2D eigenvalue weighted by Crippen LogP contribution is -1.94. The Bertz CT molecular complexity index is 1830. The third-order valence-electron chi connectivity index (χ3n) is 6.95. The highest BCUT2D eigenvalue weighted by molar-refractivity contribution is 6.21. The Labute approximate surface area is 210 Å². The summed E-state index contributed by atoms with van der Waals surface area (Å²) >= 11 is 0. The van der Waals surface area contributed by atoms with Crippen molar-refractivity contribution in [3.8, 4) is 16.8 Å². The lowest BCUT2D eigenvalue weighted by molar-refractivity contribution is 1.18. The minimum absolute atomic E-state index is 1.07. The number of rotatable bonds is 4. The molecule has 0 fully saturated rings. The topological polar surface area (TPSA) is 17.0 Å². The molecule has 1 N–H and O–H groups in total. The molecule has 2 heteroatoms. The zero-order valence-electron chi connectivity index (χ0n) is 19.7. The monoisotopic (exact) mass is 460 g/mol. The van der Waals surface area contributed by atoms with Gasteiger partial charge in [-0.25, -0.2) is 0 Å². The van der Waals surface area contributed by atoms with Crippen molar-refractivity contribution in [3.05, 3.63) is 140 Å². The maximum Gasteiger partial charge on any atom is 0.0547 e. The second-order valence-corrected chi connectivity index (χ2v) is 9.15. The summed E-state index contributed by atoms with van der Waals surface area (Å²) < 4.78 is 2.37. The molecule has 0 aliphatic heterocycles. The number of fused-ring (bicyclic) bond motifs is 5. The molecule has 1 aromatic heterocycles. The normalized spacial score (nSPS) is 11.3. The molecule has 0 amide bonds. The fraction of sp³-hybridized carbons (Fsp3) is 0. The van der Waals surface area contributed by atoms with Crippen molar-refractivity contribution < 1.29 is 0 Å². The van der Waals surface area contributed by atoms with Crippen LogP contribution in [0.4, 0.5) is 11.4 Å².